The molecule has 0 aromatic heterocycles. The van der Waals surface area contributed by atoms with E-state index in [0.717, 1.165) is 18.4 Å². The molecule has 112 valence electrons. The molecule has 0 amide bonds. The van der Waals surface area contributed by atoms with Crippen LogP contribution in [0.3, 0.4) is 0 Å². The molecule has 0 saturated carbocycles. The zero-order chi connectivity index (χ0) is 15.3. The number of aliphatic hydroxyl groups is 1. The van der Waals surface area contributed by atoms with E-state index in [4.69, 9.17) is 4.43 Å². The fourth-order valence-electron chi connectivity index (χ4n) is 1.58. The molecule has 0 saturated heterocycles. The predicted molar refractivity (Wildman–Crippen MR) is 86.9 cm³/mol. The third-order valence-corrected chi connectivity index (χ3v) is 8.69. The molecule has 3 heteroatoms. The highest BCUT2D eigenvalue weighted by Crippen LogP contribution is 2.38. The Morgan fingerprint density at radius 3 is 2.26 bits per heavy atom. The molecule has 0 aliphatic rings. The summed E-state index contributed by atoms with van der Waals surface area (Å²) in [4.78, 5) is 0. The minimum Gasteiger partial charge on any atom is -0.413 e. The summed E-state index contributed by atoms with van der Waals surface area (Å²) < 4.78 is 6.43. The van der Waals surface area contributed by atoms with Crippen LogP contribution in [0.15, 0.2) is 24.8 Å². The SMILES string of the molecule is C=CC[C@@H](CC(=C)[C@H](C)CO)O[Si](C)(C)C(C)(C)C. The summed E-state index contributed by atoms with van der Waals surface area (Å²) >= 11 is 0. The van der Waals surface area contributed by atoms with E-state index in [1.165, 1.54) is 0 Å². The average molecular weight is 285 g/mol. The van der Waals surface area contributed by atoms with Gasteiger partial charge in [-0.05, 0) is 36.9 Å². The summed E-state index contributed by atoms with van der Waals surface area (Å²) in [5, 5.41) is 9.40. The monoisotopic (exact) mass is 284 g/mol. The second kappa shape index (κ2) is 7.41. The van der Waals surface area contributed by atoms with Crippen LogP contribution in [0.4, 0.5) is 0 Å². The van der Waals surface area contributed by atoms with Gasteiger partial charge in [0.1, 0.15) is 0 Å². The maximum atomic E-state index is 9.20. The third kappa shape index (κ3) is 6.06. The lowest BCUT2D eigenvalue weighted by atomic mass is 9.97. The van der Waals surface area contributed by atoms with E-state index in [-0.39, 0.29) is 23.7 Å². The van der Waals surface area contributed by atoms with E-state index >= 15 is 0 Å². The first-order valence-corrected chi connectivity index (χ1v) is 10.0. The molecule has 0 aliphatic heterocycles. The van der Waals surface area contributed by atoms with Crippen molar-refractivity contribution in [1.29, 1.82) is 0 Å². The molecule has 0 spiro atoms. The van der Waals surface area contributed by atoms with E-state index < -0.39 is 8.32 Å². The summed E-state index contributed by atoms with van der Waals surface area (Å²) in [6.45, 7) is 21.3. The van der Waals surface area contributed by atoms with Gasteiger partial charge in [0.05, 0.1) is 6.10 Å². The Labute approximate surface area is 120 Å². The second-order valence-electron chi connectivity index (χ2n) is 6.97. The lowest BCUT2D eigenvalue weighted by Gasteiger charge is -2.39. The van der Waals surface area contributed by atoms with Gasteiger partial charge >= 0.3 is 0 Å². The van der Waals surface area contributed by atoms with Crippen LogP contribution < -0.4 is 0 Å². The third-order valence-electron chi connectivity index (χ3n) is 4.16. The molecule has 0 rings (SSSR count). The van der Waals surface area contributed by atoms with Gasteiger partial charge in [-0.25, -0.2) is 0 Å². The Hall–Kier alpha value is -0.383. The molecule has 0 aromatic carbocycles. The van der Waals surface area contributed by atoms with Crippen molar-refractivity contribution in [1.82, 2.24) is 0 Å². The fourth-order valence-corrected chi connectivity index (χ4v) is 2.94. The number of rotatable bonds is 8. The molecular formula is C16H32O2Si. The Balaban J connectivity index is 4.75. The Kier molecular flexibility index (Phi) is 7.26. The van der Waals surface area contributed by atoms with Crippen molar-refractivity contribution in [2.24, 2.45) is 5.92 Å². The molecule has 0 heterocycles. The van der Waals surface area contributed by atoms with Gasteiger partial charge in [-0.2, -0.15) is 0 Å². The largest absolute Gasteiger partial charge is 0.413 e. The van der Waals surface area contributed by atoms with Crippen molar-refractivity contribution in [3.05, 3.63) is 24.8 Å². The van der Waals surface area contributed by atoms with Crippen molar-refractivity contribution in [3.8, 4) is 0 Å². The first-order valence-electron chi connectivity index (χ1n) is 7.12. The number of hydrogen-bond donors (Lipinski definition) is 1. The summed E-state index contributed by atoms with van der Waals surface area (Å²) in [7, 11) is -1.77. The first kappa shape index (κ1) is 18.6. The molecule has 0 fully saturated rings. The fraction of sp³-hybridized carbons (Fsp3) is 0.750. The van der Waals surface area contributed by atoms with Crippen LogP contribution >= 0.6 is 0 Å². The van der Waals surface area contributed by atoms with Gasteiger partial charge in [-0.3, -0.25) is 0 Å². The van der Waals surface area contributed by atoms with Crippen LogP contribution in [0.5, 0.6) is 0 Å². The average Bonchev–Trinajstić information content (AvgIpc) is 2.26. The maximum absolute atomic E-state index is 9.20. The van der Waals surface area contributed by atoms with E-state index in [1.54, 1.807) is 0 Å². The van der Waals surface area contributed by atoms with Crippen molar-refractivity contribution >= 4 is 8.32 Å². The lowest BCUT2D eigenvalue weighted by molar-refractivity contribution is 0.175. The molecule has 0 radical (unpaired) electrons. The molecule has 0 aromatic rings. The Morgan fingerprint density at radius 2 is 1.89 bits per heavy atom. The minimum absolute atomic E-state index is 0.135. The molecule has 2 nitrogen and oxygen atoms in total. The highest BCUT2D eigenvalue weighted by Gasteiger charge is 2.39. The molecular weight excluding hydrogens is 252 g/mol. The summed E-state index contributed by atoms with van der Waals surface area (Å²) in [6, 6.07) is 0. The number of hydrogen-bond acceptors (Lipinski definition) is 2. The van der Waals surface area contributed by atoms with Gasteiger partial charge in [0.25, 0.3) is 0 Å². The van der Waals surface area contributed by atoms with Crippen LogP contribution in [0.2, 0.25) is 18.1 Å². The van der Waals surface area contributed by atoms with Gasteiger partial charge in [0.2, 0.25) is 0 Å². The maximum Gasteiger partial charge on any atom is 0.192 e. The van der Waals surface area contributed by atoms with Gasteiger partial charge in [0, 0.05) is 6.61 Å². The molecule has 0 unspecified atom stereocenters. The van der Waals surface area contributed by atoms with Crippen LogP contribution in [-0.2, 0) is 4.43 Å². The van der Waals surface area contributed by atoms with E-state index in [9.17, 15) is 5.11 Å². The Bertz CT molecular complexity index is 302. The lowest BCUT2D eigenvalue weighted by Crippen LogP contribution is -2.44. The predicted octanol–water partition coefficient (Wildman–Crippen LogP) is 4.53. The smallest absolute Gasteiger partial charge is 0.192 e. The zero-order valence-corrected chi connectivity index (χ0v) is 14.6. The van der Waals surface area contributed by atoms with Crippen molar-refractivity contribution < 1.29 is 9.53 Å². The summed E-state index contributed by atoms with van der Waals surface area (Å²) in [5.41, 5.74) is 1.06. The molecule has 0 aliphatic carbocycles. The molecule has 0 bridgehead atoms. The topological polar surface area (TPSA) is 29.5 Å². The first-order chi connectivity index (χ1) is 8.55. The summed E-state index contributed by atoms with van der Waals surface area (Å²) in [5.74, 6) is 0.135. The quantitative estimate of drug-likeness (QED) is 0.524. The number of aliphatic hydroxyl groups excluding tert-OH is 1. The Morgan fingerprint density at radius 1 is 1.37 bits per heavy atom. The highest BCUT2D eigenvalue weighted by molar-refractivity contribution is 6.74. The highest BCUT2D eigenvalue weighted by atomic mass is 28.4. The van der Waals surface area contributed by atoms with E-state index in [1.807, 2.05) is 13.0 Å². The van der Waals surface area contributed by atoms with Gasteiger partial charge < -0.3 is 9.53 Å². The van der Waals surface area contributed by atoms with Gasteiger partial charge in [0.15, 0.2) is 8.32 Å². The van der Waals surface area contributed by atoms with Crippen LogP contribution in [-0.4, -0.2) is 26.1 Å². The normalized spacial score (nSPS) is 15.9. The van der Waals surface area contributed by atoms with Crippen molar-refractivity contribution in [2.45, 2.75) is 64.8 Å². The van der Waals surface area contributed by atoms with E-state index in [0.29, 0.717) is 0 Å². The van der Waals surface area contributed by atoms with Gasteiger partial charge in [-0.15, -0.1) is 6.58 Å². The van der Waals surface area contributed by atoms with Crippen molar-refractivity contribution in [2.75, 3.05) is 6.61 Å². The molecule has 2 atom stereocenters. The van der Waals surface area contributed by atoms with Gasteiger partial charge in [-0.1, -0.05) is 45.9 Å². The van der Waals surface area contributed by atoms with Crippen LogP contribution in [0.1, 0.15) is 40.5 Å². The van der Waals surface area contributed by atoms with Crippen LogP contribution in [0, 0.1) is 5.92 Å². The summed E-state index contributed by atoms with van der Waals surface area (Å²) in [6.07, 6.45) is 3.69. The standard InChI is InChI=1S/C16H32O2Si/c1-9-10-15(11-13(2)14(3)12-17)18-19(7,8)16(4,5)6/h9,14-15,17H,1-2,10-12H2,3-8H3/t14-,15+/m1/s1. The zero-order valence-electron chi connectivity index (χ0n) is 13.6. The second-order valence-corrected chi connectivity index (χ2v) is 11.7. The van der Waals surface area contributed by atoms with Crippen molar-refractivity contribution in [3.63, 3.8) is 0 Å². The van der Waals surface area contributed by atoms with Crippen LogP contribution in [0.25, 0.3) is 0 Å². The van der Waals surface area contributed by atoms with E-state index in [2.05, 4.69) is 47.0 Å². The molecule has 1 N–H and O–H groups in total. The molecule has 19 heavy (non-hydrogen) atoms. The minimum atomic E-state index is -1.77.